The summed E-state index contributed by atoms with van der Waals surface area (Å²) in [5, 5.41) is 36.8. The molecule has 0 radical (unpaired) electrons. The van der Waals surface area contributed by atoms with E-state index in [9.17, 15) is 34.2 Å². The number of nitrogens with one attached hydrogen (secondary N) is 3. The number of primary amides is 1. The molecule has 1 fully saturated rings. The van der Waals surface area contributed by atoms with Gasteiger partial charge in [-0.25, -0.2) is 0 Å². The van der Waals surface area contributed by atoms with E-state index in [0.29, 0.717) is 0 Å². The van der Waals surface area contributed by atoms with Crippen LogP contribution in [0.15, 0.2) is 30.3 Å². The first-order chi connectivity index (χ1) is 19.3. The van der Waals surface area contributed by atoms with E-state index in [1.54, 1.807) is 0 Å². The average molecular weight is 583 g/mol. The number of ether oxygens (including phenoxy) is 3. The lowest BCUT2D eigenvalue weighted by Gasteiger charge is -2.44. The molecule has 15 nitrogen and oxygen atoms in total. The number of aliphatic carboxylic acids is 1. The molecule has 1 aromatic rings. The van der Waals surface area contributed by atoms with Crippen molar-refractivity contribution in [3.63, 3.8) is 0 Å². The van der Waals surface area contributed by atoms with Gasteiger partial charge in [-0.3, -0.25) is 24.0 Å². The number of nitrogens with two attached hydrogens (primary N) is 1. The van der Waals surface area contributed by atoms with Crippen molar-refractivity contribution in [2.24, 2.45) is 5.73 Å². The second-order valence-corrected chi connectivity index (χ2v) is 9.61. The summed E-state index contributed by atoms with van der Waals surface area (Å²) >= 11 is 0. The normalized spacial score (nSPS) is 24.4. The molecule has 8 N–H and O–H groups in total. The first-order valence-corrected chi connectivity index (χ1v) is 13.0. The minimum atomic E-state index is -1.48. The lowest BCUT2D eigenvalue weighted by atomic mass is 9.96. The molecule has 0 spiro atoms. The van der Waals surface area contributed by atoms with Crippen molar-refractivity contribution in [2.45, 2.75) is 89.1 Å². The van der Waals surface area contributed by atoms with Gasteiger partial charge in [-0.05, 0) is 25.8 Å². The van der Waals surface area contributed by atoms with Crippen molar-refractivity contribution in [3.05, 3.63) is 35.9 Å². The van der Waals surface area contributed by atoms with Crippen LogP contribution in [0, 0.1) is 0 Å². The van der Waals surface area contributed by atoms with Gasteiger partial charge in [-0.1, -0.05) is 30.3 Å². The van der Waals surface area contributed by atoms with Crippen LogP contribution >= 0.6 is 0 Å². The van der Waals surface area contributed by atoms with Gasteiger partial charge in [-0.2, -0.15) is 0 Å². The topological polar surface area (TPSA) is 236 Å². The van der Waals surface area contributed by atoms with Gasteiger partial charge in [0.1, 0.15) is 42.5 Å². The minimum Gasteiger partial charge on any atom is -0.481 e. The highest BCUT2D eigenvalue weighted by Crippen LogP contribution is 2.26. The third kappa shape index (κ3) is 10.4. The summed E-state index contributed by atoms with van der Waals surface area (Å²) in [5.74, 6) is -4.19. The predicted octanol–water partition coefficient (Wildman–Crippen LogP) is -2.10. The summed E-state index contributed by atoms with van der Waals surface area (Å²) in [7, 11) is 0. The maximum atomic E-state index is 12.9. The second kappa shape index (κ2) is 16.0. The van der Waals surface area contributed by atoms with Crippen molar-refractivity contribution >= 4 is 29.6 Å². The van der Waals surface area contributed by atoms with Crippen LogP contribution < -0.4 is 21.7 Å². The Morgan fingerprint density at radius 1 is 1.07 bits per heavy atom. The molecular formula is C26H38N4O11. The van der Waals surface area contributed by atoms with Crippen molar-refractivity contribution in [3.8, 4) is 0 Å². The number of aliphatic hydroxyl groups excluding tert-OH is 2. The zero-order valence-electron chi connectivity index (χ0n) is 23.0. The van der Waals surface area contributed by atoms with E-state index in [-0.39, 0.29) is 13.0 Å². The van der Waals surface area contributed by atoms with Crippen molar-refractivity contribution in [1.29, 1.82) is 0 Å². The smallest absolute Gasteiger partial charge is 0.303 e. The Morgan fingerprint density at radius 2 is 1.73 bits per heavy atom. The average Bonchev–Trinajstić information content (AvgIpc) is 2.92. The largest absolute Gasteiger partial charge is 0.481 e. The van der Waals surface area contributed by atoms with Crippen LogP contribution in [0.2, 0.25) is 0 Å². The van der Waals surface area contributed by atoms with E-state index < -0.39 is 91.5 Å². The van der Waals surface area contributed by atoms with Crippen molar-refractivity contribution < 1.29 is 53.5 Å². The summed E-state index contributed by atoms with van der Waals surface area (Å²) in [4.78, 5) is 59.8. The van der Waals surface area contributed by atoms with E-state index in [1.807, 2.05) is 30.3 Å². The van der Waals surface area contributed by atoms with Crippen molar-refractivity contribution in [2.75, 3.05) is 6.61 Å². The monoisotopic (exact) mass is 582 g/mol. The van der Waals surface area contributed by atoms with Gasteiger partial charge in [0.2, 0.25) is 23.6 Å². The summed E-state index contributed by atoms with van der Waals surface area (Å²) in [6.07, 6.45) is -7.01. The van der Waals surface area contributed by atoms with Crippen molar-refractivity contribution in [1.82, 2.24) is 16.0 Å². The molecule has 0 aliphatic carbocycles. The molecule has 0 aromatic heterocycles. The number of rotatable bonds is 15. The highest BCUT2D eigenvalue weighted by molar-refractivity contribution is 5.92. The van der Waals surface area contributed by atoms with Gasteiger partial charge in [0.05, 0.1) is 13.2 Å². The molecule has 0 bridgehead atoms. The summed E-state index contributed by atoms with van der Waals surface area (Å²) in [6.45, 7) is 3.37. The molecule has 4 amide bonds. The fourth-order valence-electron chi connectivity index (χ4n) is 4.06. The maximum Gasteiger partial charge on any atom is 0.303 e. The van der Waals surface area contributed by atoms with Gasteiger partial charge in [0.15, 0.2) is 6.29 Å². The van der Waals surface area contributed by atoms with E-state index >= 15 is 0 Å². The lowest BCUT2D eigenvalue weighted by molar-refractivity contribution is -0.283. The van der Waals surface area contributed by atoms with Gasteiger partial charge in [0.25, 0.3) is 0 Å². The third-order valence-electron chi connectivity index (χ3n) is 6.27. The molecule has 1 aliphatic rings. The number of carboxylic acid groups (broad SMARTS) is 1. The summed E-state index contributed by atoms with van der Waals surface area (Å²) < 4.78 is 17.4. The van der Waals surface area contributed by atoms with Crippen LogP contribution in [-0.2, 0) is 44.8 Å². The summed E-state index contributed by atoms with van der Waals surface area (Å²) in [6, 6.07) is 5.54. The van der Waals surface area contributed by atoms with E-state index in [1.165, 1.54) is 20.8 Å². The number of benzene rings is 1. The standard InChI is InChI=1S/C26H38N4O11/c1-13(24(37)30-17(23(27)36)9-10-19(33)34)28-25(38)14(2)40-22-20(29-15(3)32)26(41-18(11-31)21(22)35)39-12-16-7-5-4-6-8-16/h4-8,13-14,17-18,20-22,26,31,35H,9-12H2,1-3H3,(H2,27,36)(H,28,38)(H,29,32)(H,30,37)(H,33,34)/t13-,14-,17+,18-,20-,21-,22-,26+/m1/s1. The van der Waals surface area contributed by atoms with Gasteiger partial charge < -0.3 is 51.2 Å². The molecule has 41 heavy (non-hydrogen) atoms. The Balaban J connectivity index is 2.10. The summed E-state index contributed by atoms with van der Waals surface area (Å²) in [5.41, 5.74) is 6.02. The zero-order valence-corrected chi connectivity index (χ0v) is 23.0. The molecule has 0 saturated carbocycles. The molecule has 8 atom stereocenters. The fourth-order valence-corrected chi connectivity index (χ4v) is 4.06. The number of amides is 4. The van der Waals surface area contributed by atoms with Crippen LogP contribution in [0.3, 0.4) is 0 Å². The Bertz CT molecular complexity index is 1060. The van der Waals surface area contributed by atoms with E-state index in [0.717, 1.165) is 5.56 Å². The molecule has 1 aromatic carbocycles. The Kier molecular flexibility index (Phi) is 13.1. The molecule has 0 unspecified atom stereocenters. The van der Waals surface area contributed by atoms with Gasteiger partial charge in [0, 0.05) is 13.3 Å². The van der Waals surface area contributed by atoms with Crippen LogP contribution in [0.1, 0.15) is 39.2 Å². The van der Waals surface area contributed by atoms with Gasteiger partial charge in [-0.15, -0.1) is 0 Å². The number of carbonyl (C=O) groups is 5. The molecule has 15 heteroatoms. The van der Waals surface area contributed by atoms with Crippen LogP contribution in [0.25, 0.3) is 0 Å². The number of aliphatic hydroxyl groups is 2. The van der Waals surface area contributed by atoms with Crippen LogP contribution in [0.4, 0.5) is 0 Å². The first kappa shape index (κ1) is 33.6. The highest BCUT2D eigenvalue weighted by atomic mass is 16.7. The Hall–Kier alpha value is -3.63. The molecule has 2 rings (SSSR count). The third-order valence-corrected chi connectivity index (χ3v) is 6.27. The Labute approximate surface area is 236 Å². The first-order valence-electron chi connectivity index (χ1n) is 13.0. The van der Waals surface area contributed by atoms with E-state index in [2.05, 4.69) is 16.0 Å². The maximum absolute atomic E-state index is 12.9. The van der Waals surface area contributed by atoms with Crippen LogP contribution in [-0.4, -0.2) is 100 Å². The zero-order chi connectivity index (χ0) is 30.7. The molecule has 1 saturated heterocycles. The number of carbonyl (C=O) groups excluding carboxylic acids is 4. The quantitative estimate of drug-likeness (QED) is 0.118. The number of hydrogen-bond donors (Lipinski definition) is 7. The van der Waals surface area contributed by atoms with Gasteiger partial charge >= 0.3 is 5.97 Å². The molecule has 228 valence electrons. The number of carboxylic acids is 1. The SMILES string of the molecule is CC(=O)N[C@H]1[C@@H](OCc2ccccc2)O[C@H](CO)[C@@H](O)[C@@H]1O[C@H](C)C(=O)N[C@H](C)C(=O)N[C@@H](CCC(=O)O)C(N)=O. The lowest BCUT2D eigenvalue weighted by Crippen LogP contribution is -2.66. The van der Waals surface area contributed by atoms with Crippen LogP contribution in [0.5, 0.6) is 0 Å². The number of hydrogen-bond acceptors (Lipinski definition) is 10. The fraction of sp³-hybridized carbons (Fsp3) is 0.577. The Morgan fingerprint density at radius 3 is 2.29 bits per heavy atom. The second-order valence-electron chi connectivity index (χ2n) is 9.61. The highest BCUT2D eigenvalue weighted by Gasteiger charge is 2.48. The van der Waals surface area contributed by atoms with E-state index in [4.69, 9.17) is 25.1 Å². The molecular weight excluding hydrogens is 544 g/mol. The molecule has 1 heterocycles. The molecule has 1 aliphatic heterocycles. The minimum absolute atomic E-state index is 0.0734. The predicted molar refractivity (Wildman–Crippen MR) is 141 cm³/mol.